The van der Waals surface area contributed by atoms with E-state index in [1.807, 2.05) is 56.0 Å². The Bertz CT molecular complexity index is 718. The van der Waals surface area contributed by atoms with Gasteiger partial charge in [0.05, 0.1) is 19.9 Å². The number of methoxy groups -OCH3 is 1. The number of ether oxygens (including phenoxy) is 2. The number of hydrogen-bond donors (Lipinski definition) is 2. The third-order valence-electron chi connectivity index (χ3n) is 3.65. The fourth-order valence-electron chi connectivity index (χ4n) is 2.48. The van der Waals surface area contributed by atoms with Gasteiger partial charge >= 0.3 is 0 Å². The number of benzene rings is 1. The van der Waals surface area contributed by atoms with Gasteiger partial charge in [0.25, 0.3) is 0 Å². The van der Waals surface area contributed by atoms with E-state index in [1.54, 1.807) is 7.11 Å². The summed E-state index contributed by atoms with van der Waals surface area (Å²) in [7, 11) is 1.64. The van der Waals surface area contributed by atoms with Gasteiger partial charge in [-0.3, -0.25) is 9.67 Å². The maximum Gasteiger partial charge on any atom is 0.195 e. The van der Waals surface area contributed by atoms with Crippen LogP contribution in [0.2, 0.25) is 0 Å². The van der Waals surface area contributed by atoms with Crippen LogP contribution in [0.3, 0.4) is 0 Å². The van der Waals surface area contributed by atoms with Crippen LogP contribution in [-0.2, 0) is 6.54 Å². The molecule has 1 heterocycles. The number of nitrogens with one attached hydrogen (secondary N) is 2. The average Bonchev–Trinajstić information content (AvgIpc) is 3.05. The molecule has 150 valence electrons. The molecule has 0 fully saturated rings. The fraction of sp³-hybridized carbons (Fsp3) is 0.474. The molecular formula is C19H30IN5O2. The number of anilines is 1. The second-order valence-electron chi connectivity index (χ2n) is 5.82. The molecule has 7 nitrogen and oxygen atoms in total. The quantitative estimate of drug-likeness (QED) is 0.244. The van der Waals surface area contributed by atoms with Crippen LogP contribution < -0.4 is 20.1 Å². The SMILES string of the molecule is CCNC(=NCCCn1cc(C)cn1)Nc1ccc(OC)c(OCC)c1.I. The monoisotopic (exact) mass is 487 g/mol. The van der Waals surface area contributed by atoms with Gasteiger partial charge in [-0.1, -0.05) is 0 Å². The number of aryl methyl sites for hydroxylation is 2. The second-order valence-corrected chi connectivity index (χ2v) is 5.82. The Morgan fingerprint density at radius 1 is 1.26 bits per heavy atom. The summed E-state index contributed by atoms with van der Waals surface area (Å²) < 4.78 is 12.9. The Hall–Kier alpha value is -1.97. The first kappa shape index (κ1) is 23.1. The second kappa shape index (κ2) is 12.4. The van der Waals surface area contributed by atoms with Gasteiger partial charge in [0.2, 0.25) is 0 Å². The molecule has 0 aliphatic carbocycles. The lowest BCUT2D eigenvalue weighted by Crippen LogP contribution is -2.30. The van der Waals surface area contributed by atoms with E-state index in [1.165, 1.54) is 5.56 Å². The number of hydrogen-bond acceptors (Lipinski definition) is 4. The molecule has 0 aliphatic heterocycles. The minimum atomic E-state index is 0. The van der Waals surface area contributed by atoms with E-state index in [9.17, 15) is 0 Å². The zero-order valence-corrected chi connectivity index (χ0v) is 18.8. The van der Waals surface area contributed by atoms with E-state index in [4.69, 9.17) is 9.47 Å². The summed E-state index contributed by atoms with van der Waals surface area (Å²) in [5.74, 6) is 2.18. The van der Waals surface area contributed by atoms with Gasteiger partial charge in [0.1, 0.15) is 0 Å². The lowest BCUT2D eigenvalue weighted by molar-refractivity contribution is 0.311. The van der Waals surface area contributed by atoms with Crippen LogP contribution in [0.5, 0.6) is 11.5 Å². The van der Waals surface area contributed by atoms with E-state index in [2.05, 4.69) is 20.7 Å². The van der Waals surface area contributed by atoms with Crippen LogP contribution in [0.15, 0.2) is 35.6 Å². The standard InChI is InChI=1S/C19H29N5O2.HI/c1-5-20-19(21-10-7-11-24-14-15(3)13-22-24)23-16-8-9-17(25-4)18(12-16)26-6-2;/h8-9,12-14H,5-7,10-11H2,1-4H3,(H2,20,21,23);1H. The Labute approximate surface area is 178 Å². The van der Waals surface area contributed by atoms with Gasteiger partial charge in [-0.2, -0.15) is 5.10 Å². The van der Waals surface area contributed by atoms with Crippen molar-refractivity contribution < 1.29 is 9.47 Å². The van der Waals surface area contributed by atoms with Crippen molar-refractivity contribution in [2.45, 2.75) is 33.7 Å². The van der Waals surface area contributed by atoms with Crippen molar-refractivity contribution >= 4 is 35.6 Å². The van der Waals surface area contributed by atoms with E-state index in [0.717, 1.165) is 31.2 Å². The lowest BCUT2D eigenvalue weighted by Gasteiger charge is -2.14. The third kappa shape index (κ3) is 7.66. The Morgan fingerprint density at radius 3 is 2.70 bits per heavy atom. The summed E-state index contributed by atoms with van der Waals surface area (Å²) in [4.78, 5) is 4.63. The molecule has 0 spiro atoms. The predicted octanol–water partition coefficient (Wildman–Crippen LogP) is 3.68. The topological polar surface area (TPSA) is 72.7 Å². The maximum atomic E-state index is 5.62. The lowest BCUT2D eigenvalue weighted by atomic mass is 10.2. The highest BCUT2D eigenvalue weighted by Gasteiger charge is 2.07. The first-order valence-electron chi connectivity index (χ1n) is 9.01. The molecule has 0 saturated carbocycles. The van der Waals surface area contributed by atoms with Crippen molar-refractivity contribution in [1.82, 2.24) is 15.1 Å². The number of rotatable bonds is 9. The molecule has 27 heavy (non-hydrogen) atoms. The van der Waals surface area contributed by atoms with Gasteiger partial charge in [0, 0.05) is 37.6 Å². The highest BCUT2D eigenvalue weighted by atomic mass is 127. The molecule has 1 aromatic heterocycles. The van der Waals surface area contributed by atoms with E-state index >= 15 is 0 Å². The highest BCUT2D eigenvalue weighted by Crippen LogP contribution is 2.30. The summed E-state index contributed by atoms with van der Waals surface area (Å²) in [6.07, 6.45) is 4.83. The molecule has 2 aromatic rings. The summed E-state index contributed by atoms with van der Waals surface area (Å²) >= 11 is 0. The molecule has 0 aliphatic rings. The van der Waals surface area contributed by atoms with Gasteiger partial charge in [-0.25, -0.2) is 0 Å². The third-order valence-corrected chi connectivity index (χ3v) is 3.65. The summed E-state index contributed by atoms with van der Waals surface area (Å²) in [6, 6.07) is 5.75. The molecule has 0 bridgehead atoms. The zero-order valence-electron chi connectivity index (χ0n) is 16.5. The molecule has 1 aromatic carbocycles. The average molecular weight is 487 g/mol. The summed E-state index contributed by atoms with van der Waals surface area (Å²) in [5.41, 5.74) is 2.07. The van der Waals surface area contributed by atoms with E-state index < -0.39 is 0 Å². The van der Waals surface area contributed by atoms with Gasteiger partial charge < -0.3 is 20.1 Å². The molecule has 0 unspecified atom stereocenters. The number of guanidine groups is 1. The number of nitrogens with zero attached hydrogens (tertiary/aromatic N) is 3. The number of aliphatic imine (C=N–C) groups is 1. The molecule has 0 amide bonds. The van der Waals surface area contributed by atoms with Crippen molar-refractivity contribution in [3.63, 3.8) is 0 Å². The minimum absolute atomic E-state index is 0. The van der Waals surface area contributed by atoms with Crippen LogP contribution in [-0.4, -0.2) is 42.5 Å². The van der Waals surface area contributed by atoms with E-state index in [0.29, 0.717) is 24.7 Å². The smallest absolute Gasteiger partial charge is 0.195 e. The normalized spacial score (nSPS) is 10.9. The van der Waals surface area contributed by atoms with Crippen molar-refractivity contribution in [2.24, 2.45) is 4.99 Å². The van der Waals surface area contributed by atoms with Crippen molar-refractivity contribution in [1.29, 1.82) is 0 Å². The minimum Gasteiger partial charge on any atom is -0.493 e. The number of halogens is 1. The molecule has 0 saturated heterocycles. The molecule has 2 N–H and O–H groups in total. The van der Waals surface area contributed by atoms with Crippen LogP contribution in [0.4, 0.5) is 5.69 Å². The molecule has 2 rings (SSSR count). The summed E-state index contributed by atoms with van der Waals surface area (Å²) in [6.45, 7) is 8.98. The predicted molar refractivity (Wildman–Crippen MR) is 121 cm³/mol. The van der Waals surface area contributed by atoms with Crippen LogP contribution in [0.1, 0.15) is 25.8 Å². The Balaban J connectivity index is 0.00000364. The Kier molecular flexibility index (Phi) is 10.6. The fourth-order valence-corrected chi connectivity index (χ4v) is 2.48. The van der Waals surface area contributed by atoms with Crippen molar-refractivity contribution in [2.75, 3.05) is 32.1 Å². The molecule has 0 atom stereocenters. The Morgan fingerprint density at radius 2 is 2.07 bits per heavy atom. The largest absolute Gasteiger partial charge is 0.493 e. The maximum absolute atomic E-state index is 5.62. The van der Waals surface area contributed by atoms with Gasteiger partial charge in [-0.05, 0) is 44.9 Å². The van der Waals surface area contributed by atoms with Crippen LogP contribution >= 0.6 is 24.0 Å². The van der Waals surface area contributed by atoms with E-state index in [-0.39, 0.29) is 24.0 Å². The van der Waals surface area contributed by atoms with Crippen molar-refractivity contribution in [3.8, 4) is 11.5 Å². The first-order valence-corrected chi connectivity index (χ1v) is 9.01. The zero-order chi connectivity index (χ0) is 18.8. The van der Waals surface area contributed by atoms with Crippen molar-refractivity contribution in [3.05, 3.63) is 36.2 Å². The summed E-state index contributed by atoms with van der Waals surface area (Å²) in [5, 5.41) is 10.9. The molecule has 0 radical (unpaired) electrons. The number of aromatic nitrogens is 2. The first-order chi connectivity index (χ1) is 12.7. The highest BCUT2D eigenvalue weighted by molar-refractivity contribution is 14.0. The van der Waals surface area contributed by atoms with Crippen LogP contribution in [0, 0.1) is 6.92 Å². The molecule has 8 heteroatoms. The van der Waals surface area contributed by atoms with Crippen LogP contribution in [0.25, 0.3) is 0 Å². The van der Waals surface area contributed by atoms with Gasteiger partial charge in [0.15, 0.2) is 17.5 Å². The molecular weight excluding hydrogens is 457 g/mol. The van der Waals surface area contributed by atoms with Gasteiger partial charge in [-0.15, -0.1) is 24.0 Å².